The number of carbonyl (C=O) groups is 1. The number of nitrogens with two attached hydrogens (primary N) is 1. The number of rotatable bonds is 4. The highest BCUT2D eigenvalue weighted by Gasteiger charge is 2.24. The summed E-state index contributed by atoms with van der Waals surface area (Å²) >= 11 is 9.81. The van der Waals surface area contributed by atoms with Crippen LogP contribution < -0.4 is 5.73 Å². The fourth-order valence-electron chi connectivity index (χ4n) is 2.42. The lowest BCUT2D eigenvalue weighted by Gasteiger charge is -2.05. The van der Waals surface area contributed by atoms with Crippen LogP contribution >= 0.6 is 36.6 Å². The van der Waals surface area contributed by atoms with Crippen molar-refractivity contribution in [2.24, 2.45) is 10.2 Å². The van der Waals surface area contributed by atoms with E-state index in [1.165, 1.54) is 18.4 Å². The van der Waals surface area contributed by atoms with Gasteiger partial charge >= 0.3 is 5.97 Å². The van der Waals surface area contributed by atoms with Gasteiger partial charge in [0.25, 0.3) is 0 Å². The lowest BCUT2D eigenvalue weighted by molar-refractivity contribution is 0.0603. The lowest BCUT2D eigenvalue weighted by atomic mass is 10.0. The van der Waals surface area contributed by atoms with Gasteiger partial charge in [0.15, 0.2) is 0 Å². The first-order valence-corrected chi connectivity index (χ1v) is 9.21. The van der Waals surface area contributed by atoms with E-state index in [0.717, 1.165) is 15.4 Å². The quantitative estimate of drug-likeness (QED) is 0.295. The fourth-order valence-corrected chi connectivity index (χ4v) is 3.97. The maximum Gasteiger partial charge on any atom is 0.341 e. The summed E-state index contributed by atoms with van der Waals surface area (Å²) in [4.78, 5) is 13.7. The molecule has 0 saturated heterocycles. The third kappa shape index (κ3) is 3.92. The molecule has 8 heteroatoms. The molecule has 0 aliphatic heterocycles. The van der Waals surface area contributed by atoms with Crippen LogP contribution in [-0.4, -0.2) is 13.1 Å². The van der Waals surface area contributed by atoms with E-state index >= 15 is 0 Å². The van der Waals surface area contributed by atoms with Gasteiger partial charge in [0.1, 0.15) is 15.6 Å². The van der Waals surface area contributed by atoms with Crippen LogP contribution in [0.4, 0.5) is 15.7 Å². The van der Waals surface area contributed by atoms with Crippen LogP contribution in [0.25, 0.3) is 11.1 Å². The van der Waals surface area contributed by atoms with E-state index in [2.05, 4.69) is 35.5 Å². The maximum absolute atomic E-state index is 12.2. The van der Waals surface area contributed by atoms with Gasteiger partial charge in [-0.15, -0.1) is 35.5 Å². The average Bonchev–Trinajstić information content (AvgIpc) is 2.95. The molecule has 0 bridgehead atoms. The number of carbonyl (C=O) groups excluding carboxylic acids is 1. The van der Waals surface area contributed by atoms with E-state index in [-0.39, 0.29) is 0 Å². The summed E-state index contributed by atoms with van der Waals surface area (Å²) in [6.07, 6.45) is 0. The molecule has 0 radical (unpaired) electrons. The van der Waals surface area contributed by atoms with Crippen LogP contribution in [0.3, 0.4) is 0 Å². The van der Waals surface area contributed by atoms with Crippen LogP contribution in [0.5, 0.6) is 0 Å². The van der Waals surface area contributed by atoms with E-state index in [0.29, 0.717) is 26.8 Å². The van der Waals surface area contributed by atoms with Crippen molar-refractivity contribution in [3.05, 3.63) is 54.1 Å². The van der Waals surface area contributed by atoms with Gasteiger partial charge in [-0.2, -0.15) is 0 Å². The Morgan fingerprint density at radius 3 is 2.35 bits per heavy atom. The minimum atomic E-state index is -0.506. The Bertz CT molecular complexity index is 965. The number of nitrogens with zero attached hydrogens (tertiary/aromatic N) is 2. The van der Waals surface area contributed by atoms with E-state index in [4.69, 9.17) is 10.5 Å². The molecule has 1 heterocycles. The van der Waals surface area contributed by atoms with Crippen molar-refractivity contribution in [3.63, 3.8) is 0 Å². The molecule has 0 aliphatic carbocycles. The number of thiol groups is 2. The molecular formula is C18H15N3O2S3. The minimum Gasteiger partial charge on any atom is -0.465 e. The largest absolute Gasteiger partial charge is 0.465 e. The van der Waals surface area contributed by atoms with E-state index in [1.807, 2.05) is 30.3 Å². The molecule has 0 aliphatic rings. The number of nitrogen functional groups attached to an aromatic ring is 1. The van der Waals surface area contributed by atoms with Crippen molar-refractivity contribution >= 4 is 58.3 Å². The summed E-state index contributed by atoms with van der Waals surface area (Å²) in [5, 5.41) is 9.44. The van der Waals surface area contributed by atoms with Crippen molar-refractivity contribution < 1.29 is 9.53 Å². The topological polar surface area (TPSA) is 77.0 Å². The number of anilines is 1. The number of thiophene rings is 1. The van der Waals surface area contributed by atoms with Crippen LogP contribution in [0, 0.1) is 0 Å². The van der Waals surface area contributed by atoms with Crippen molar-refractivity contribution in [1.82, 2.24) is 0 Å². The zero-order chi connectivity index (χ0) is 18.7. The zero-order valence-electron chi connectivity index (χ0n) is 13.7. The van der Waals surface area contributed by atoms with Crippen LogP contribution in [0.15, 0.2) is 68.6 Å². The van der Waals surface area contributed by atoms with Crippen molar-refractivity contribution in [3.8, 4) is 11.1 Å². The maximum atomic E-state index is 12.2. The molecule has 1 aromatic heterocycles. The minimum absolute atomic E-state index is 0.301. The molecule has 3 aromatic rings. The number of hydrogen-bond donors (Lipinski definition) is 3. The molecule has 0 amide bonds. The third-order valence-electron chi connectivity index (χ3n) is 3.51. The van der Waals surface area contributed by atoms with Gasteiger partial charge in [-0.25, -0.2) is 4.79 Å². The number of azo groups is 1. The standard InChI is InChI=1S/C18H15N3O2S3/c1-23-18(22)15-14(10-5-3-2-4-6-10)17(26-16(15)19)21-20-11-7-12(24)9-13(25)8-11/h2-9,24-25H,19H2,1H3. The van der Waals surface area contributed by atoms with E-state index < -0.39 is 5.97 Å². The highest BCUT2D eigenvalue weighted by Crippen LogP contribution is 2.45. The molecule has 2 N–H and O–H groups in total. The Balaban J connectivity index is 2.12. The molecule has 26 heavy (non-hydrogen) atoms. The Morgan fingerprint density at radius 2 is 1.73 bits per heavy atom. The van der Waals surface area contributed by atoms with Gasteiger partial charge in [-0.3, -0.25) is 0 Å². The second kappa shape index (κ2) is 7.94. The predicted molar refractivity (Wildman–Crippen MR) is 111 cm³/mol. The van der Waals surface area contributed by atoms with E-state index in [1.54, 1.807) is 18.2 Å². The first-order valence-electron chi connectivity index (χ1n) is 7.50. The SMILES string of the molecule is COC(=O)c1c(N)sc(N=Nc2cc(S)cc(S)c2)c1-c1ccccc1. The molecule has 132 valence electrons. The molecule has 3 rings (SSSR count). The summed E-state index contributed by atoms with van der Waals surface area (Å²) in [5.41, 5.74) is 8.39. The zero-order valence-corrected chi connectivity index (χ0v) is 16.3. The van der Waals surface area contributed by atoms with Gasteiger partial charge in [0, 0.05) is 15.4 Å². The summed E-state index contributed by atoms with van der Waals surface area (Å²) in [6.45, 7) is 0. The van der Waals surface area contributed by atoms with Gasteiger partial charge in [0.05, 0.1) is 12.8 Å². The smallest absolute Gasteiger partial charge is 0.341 e. The summed E-state index contributed by atoms with van der Waals surface area (Å²) in [5.74, 6) is -0.506. The highest BCUT2D eigenvalue weighted by atomic mass is 32.1. The fraction of sp³-hybridized carbons (Fsp3) is 0.0556. The summed E-state index contributed by atoms with van der Waals surface area (Å²) in [6, 6.07) is 14.8. The first kappa shape index (κ1) is 18.5. The number of hydrogen-bond acceptors (Lipinski definition) is 8. The van der Waals surface area contributed by atoms with Crippen molar-refractivity contribution in [2.45, 2.75) is 9.79 Å². The molecule has 0 atom stereocenters. The monoisotopic (exact) mass is 401 g/mol. The molecule has 0 unspecified atom stereocenters. The molecule has 0 saturated carbocycles. The van der Waals surface area contributed by atoms with Crippen LogP contribution in [0.2, 0.25) is 0 Å². The average molecular weight is 402 g/mol. The van der Waals surface area contributed by atoms with Crippen molar-refractivity contribution in [2.75, 3.05) is 12.8 Å². The number of benzene rings is 2. The normalized spacial score (nSPS) is 11.0. The second-order valence-electron chi connectivity index (χ2n) is 5.29. The Morgan fingerprint density at radius 1 is 1.08 bits per heavy atom. The van der Waals surface area contributed by atoms with Gasteiger partial charge in [-0.05, 0) is 23.8 Å². The molecule has 0 spiro atoms. The number of esters is 1. The Labute approximate surface area is 165 Å². The highest BCUT2D eigenvalue weighted by molar-refractivity contribution is 7.81. The number of ether oxygens (including phenoxy) is 1. The second-order valence-corrected chi connectivity index (χ2v) is 7.35. The Kier molecular flexibility index (Phi) is 5.65. The van der Waals surface area contributed by atoms with Gasteiger partial charge < -0.3 is 10.5 Å². The van der Waals surface area contributed by atoms with E-state index in [9.17, 15) is 4.79 Å². The third-order valence-corrected chi connectivity index (χ3v) is 4.93. The first-order chi connectivity index (χ1) is 12.5. The summed E-state index contributed by atoms with van der Waals surface area (Å²) < 4.78 is 4.88. The Hall–Kier alpha value is -2.29. The van der Waals surface area contributed by atoms with Gasteiger partial charge in [-0.1, -0.05) is 41.7 Å². The van der Waals surface area contributed by atoms with Crippen LogP contribution in [-0.2, 0) is 4.74 Å². The predicted octanol–water partition coefficient (Wildman–Crippen LogP) is 5.78. The molecule has 5 nitrogen and oxygen atoms in total. The number of methoxy groups -OCH3 is 1. The summed E-state index contributed by atoms with van der Waals surface area (Å²) in [7, 11) is 1.32. The lowest BCUT2D eigenvalue weighted by Crippen LogP contribution is -2.04. The molecule has 2 aromatic carbocycles. The molecule has 0 fully saturated rings. The van der Waals surface area contributed by atoms with Crippen molar-refractivity contribution in [1.29, 1.82) is 0 Å². The van der Waals surface area contributed by atoms with Crippen LogP contribution in [0.1, 0.15) is 10.4 Å². The van der Waals surface area contributed by atoms with Gasteiger partial charge in [0.2, 0.25) is 0 Å². The molecular weight excluding hydrogens is 386 g/mol.